The molecule has 0 saturated carbocycles. The lowest BCUT2D eigenvalue weighted by Crippen LogP contribution is -2.02. The van der Waals surface area contributed by atoms with Crippen LogP contribution in [0.2, 0.25) is 0 Å². The second-order valence-corrected chi connectivity index (χ2v) is 4.00. The van der Waals surface area contributed by atoms with Gasteiger partial charge in [0.25, 0.3) is 0 Å². The van der Waals surface area contributed by atoms with Crippen LogP contribution < -0.4 is 0 Å². The molecule has 1 atom stereocenters. The van der Waals surface area contributed by atoms with Gasteiger partial charge in [-0.25, -0.2) is 0 Å². The first kappa shape index (κ1) is 11.4. The van der Waals surface area contributed by atoms with Crippen LogP contribution in [0.1, 0.15) is 32.1 Å². The third kappa shape index (κ3) is 8.30. The molecule has 1 unspecified atom stereocenters. The topological polar surface area (TPSA) is 40.5 Å². The number of unbranched alkanes of at least 4 members (excludes halogenated alkanes) is 3. The summed E-state index contributed by atoms with van der Waals surface area (Å²) in [4.78, 5) is 0.261. The maximum absolute atomic E-state index is 8.65. The average molecular weight is 225 g/mol. The number of aliphatic hydroxyl groups excluding tert-OH is 2. The molecular formula is C8H17BrO2. The molecule has 0 bridgehead atoms. The van der Waals surface area contributed by atoms with Crippen molar-refractivity contribution in [3.05, 3.63) is 0 Å². The van der Waals surface area contributed by atoms with E-state index in [1.54, 1.807) is 0 Å². The molecule has 68 valence electrons. The van der Waals surface area contributed by atoms with Crippen molar-refractivity contribution in [3.8, 4) is 0 Å². The van der Waals surface area contributed by atoms with Crippen molar-refractivity contribution in [2.45, 2.75) is 36.9 Å². The zero-order chi connectivity index (χ0) is 8.53. The number of halogens is 1. The van der Waals surface area contributed by atoms with Gasteiger partial charge < -0.3 is 10.2 Å². The Hall–Kier alpha value is 0.400. The van der Waals surface area contributed by atoms with Crippen molar-refractivity contribution in [2.75, 3.05) is 13.2 Å². The number of aliphatic hydroxyl groups is 2. The van der Waals surface area contributed by atoms with Crippen LogP contribution in [0.4, 0.5) is 0 Å². The largest absolute Gasteiger partial charge is 0.396 e. The first-order chi connectivity index (χ1) is 5.31. The number of hydrogen-bond acceptors (Lipinski definition) is 2. The van der Waals surface area contributed by atoms with Gasteiger partial charge in [-0.3, -0.25) is 0 Å². The molecule has 0 amide bonds. The van der Waals surface area contributed by atoms with Crippen molar-refractivity contribution in [3.63, 3.8) is 0 Å². The summed E-state index contributed by atoms with van der Waals surface area (Å²) in [6.07, 6.45) is 5.33. The van der Waals surface area contributed by atoms with Crippen LogP contribution in [-0.4, -0.2) is 28.3 Å². The lowest BCUT2D eigenvalue weighted by Gasteiger charge is -2.04. The molecule has 0 heterocycles. The van der Waals surface area contributed by atoms with Gasteiger partial charge in [0, 0.05) is 11.4 Å². The van der Waals surface area contributed by atoms with E-state index in [1.807, 2.05) is 0 Å². The molecule has 0 aliphatic heterocycles. The fraction of sp³-hybridized carbons (Fsp3) is 1.00. The standard InChI is InChI=1S/C8H17BrO2/c9-8(7-11)5-3-1-2-4-6-10/h8,10-11H,1-7H2. The van der Waals surface area contributed by atoms with E-state index in [0.29, 0.717) is 6.61 Å². The van der Waals surface area contributed by atoms with Crippen LogP contribution in [0.15, 0.2) is 0 Å². The molecule has 0 aliphatic carbocycles. The van der Waals surface area contributed by atoms with Crippen molar-refractivity contribution >= 4 is 15.9 Å². The van der Waals surface area contributed by atoms with Gasteiger partial charge in [-0.05, 0) is 12.8 Å². The minimum absolute atomic E-state index is 0.222. The molecule has 11 heavy (non-hydrogen) atoms. The van der Waals surface area contributed by atoms with E-state index >= 15 is 0 Å². The highest BCUT2D eigenvalue weighted by atomic mass is 79.9. The first-order valence-corrected chi connectivity index (χ1v) is 5.08. The van der Waals surface area contributed by atoms with Crippen LogP contribution in [0, 0.1) is 0 Å². The second-order valence-electron chi connectivity index (χ2n) is 2.71. The summed E-state index contributed by atoms with van der Waals surface area (Å²) in [5, 5.41) is 17.1. The normalized spacial score (nSPS) is 13.4. The Balaban J connectivity index is 2.89. The Kier molecular flexibility index (Phi) is 8.81. The maximum atomic E-state index is 8.65. The van der Waals surface area contributed by atoms with E-state index in [0.717, 1.165) is 32.1 Å². The van der Waals surface area contributed by atoms with Gasteiger partial charge in [-0.1, -0.05) is 35.2 Å². The summed E-state index contributed by atoms with van der Waals surface area (Å²) in [5.74, 6) is 0. The molecular weight excluding hydrogens is 208 g/mol. The van der Waals surface area contributed by atoms with E-state index in [2.05, 4.69) is 15.9 Å². The molecule has 0 fully saturated rings. The minimum Gasteiger partial charge on any atom is -0.396 e. The van der Waals surface area contributed by atoms with E-state index in [4.69, 9.17) is 10.2 Å². The lowest BCUT2D eigenvalue weighted by molar-refractivity contribution is 0.278. The fourth-order valence-electron chi connectivity index (χ4n) is 0.922. The smallest absolute Gasteiger partial charge is 0.0556 e. The molecule has 0 aliphatic rings. The highest BCUT2D eigenvalue weighted by Crippen LogP contribution is 2.10. The van der Waals surface area contributed by atoms with Gasteiger partial charge in [-0.15, -0.1) is 0 Å². The van der Waals surface area contributed by atoms with Crippen molar-refractivity contribution < 1.29 is 10.2 Å². The molecule has 2 nitrogen and oxygen atoms in total. The van der Waals surface area contributed by atoms with E-state index in [9.17, 15) is 0 Å². The summed E-state index contributed by atoms with van der Waals surface area (Å²) < 4.78 is 0. The van der Waals surface area contributed by atoms with Crippen LogP contribution in [0.5, 0.6) is 0 Å². The highest BCUT2D eigenvalue weighted by molar-refractivity contribution is 9.09. The van der Waals surface area contributed by atoms with Gasteiger partial charge in [0.1, 0.15) is 0 Å². The monoisotopic (exact) mass is 224 g/mol. The molecule has 0 radical (unpaired) electrons. The number of alkyl halides is 1. The van der Waals surface area contributed by atoms with E-state index in [-0.39, 0.29) is 11.4 Å². The third-order valence-corrected chi connectivity index (χ3v) is 2.37. The molecule has 3 heteroatoms. The molecule has 0 aromatic heterocycles. The van der Waals surface area contributed by atoms with Crippen LogP contribution in [0.25, 0.3) is 0 Å². The zero-order valence-corrected chi connectivity index (χ0v) is 8.39. The Morgan fingerprint density at radius 1 is 1.00 bits per heavy atom. The summed E-state index contributed by atoms with van der Waals surface area (Å²) in [7, 11) is 0. The molecule has 0 rings (SSSR count). The number of hydrogen-bond donors (Lipinski definition) is 2. The van der Waals surface area contributed by atoms with Crippen LogP contribution in [-0.2, 0) is 0 Å². The molecule has 0 saturated heterocycles. The summed E-state index contributed by atoms with van der Waals surface area (Å²) in [6, 6.07) is 0. The summed E-state index contributed by atoms with van der Waals surface area (Å²) in [5.41, 5.74) is 0. The van der Waals surface area contributed by atoms with E-state index < -0.39 is 0 Å². The lowest BCUT2D eigenvalue weighted by atomic mass is 10.1. The minimum atomic E-state index is 0.222. The van der Waals surface area contributed by atoms with Crippen LogP contribution in [0.3, 0.4) is 0 Å². The second kappa shape index (κ2) is 8.50. The van der Waals surface area contributed by atoms with Gasteiger partial charge in [0.05, 0.1) is 6.61 Å². The molecule has 2 N–H and O–H groups in total. The van der Waals surface area contributed by atoms with Gasteiger partial charge in [0.15, 0.2) is 0 Å². The summed E-state index contributed by atoms with van der Waals surface area (Å²) >= 11 is 3.35. The Morgan fingerprint density at radius 2 is 1.64 bits per heavy atom. The first-order valence-electron chi connectivity index (χ1n) is 4.17. The van der Waals surface area contributed by atoms with Crippen molar-refractivity contribution in [1.29, 1.82) is 0 Å². The van der Waals surface area contributed by atoms with Crippen LogP contribution >= 0.6 is 15.9 Å². The third-order valence-electron chi connectivity index (χ3n) is 1.62. The van der Waals surface area contributed by atoms with Crippen molar-refractivity contribution in [1.82, 2.24) is 0 Å². The summed E-state index contributed by atoms with van der Waals surface area (Å²) in [6.45, 7) is 0.526. The van der Waals surface area contributed by atoms with Gasteiger partial charge in [0.2, 0.25) is 0 Å². The Labute approximate surface area is 76.7 Å². The maximum Gasteiger partial charge on any atom is 0.0556 e. The predicted molar refractivity (Wildman–Crippen MR) is 50.0 cm³/mol. The highest BCUT2D eigenvalue weighted by Gasteiger charge is 2.00. The van der Waals surface area contributed by atoms with Gasteiger partial charge >= 0.3 is 0 Å². The fourth-order valence-corrected chi connectivity index (χ4v) is 1.25. The Bertz CT molecular complexity index is 78.5. The number of rotatable bonds is 7. The molecule has 0 spiro atoms. The quantitative estimate of drug-likeness (QED) is 0.511. The van der Waals surface area contributed by atoms with Gasteiger partial charge in [-0.2, -0.15) is 0 Å². The molecule has 0 aromatic carbocycles. The Morgan fingerprint density at radius 3 is 2.18 bits per heavy atom. The predicted octanol–water partition coefficient (Wildman–Crippen LogP) is 1.69. The average Bonchev–Trinajstić information content (AvgIpc) is 2.04. The van der Waals surface area contributed by atoms with Crippen molar-refractivity contribution in [2.24, 2.45) is 0 Å². The molecule has 0 aromatic rings. The zero-order valence-electron chi connectivity index (χ0n) is 6.80. The SMILES string of the molecule is OCCCCCCC(Br)CO. The van der Waals surface area contributed by atoms with E-state index in [1.165, 1.54) is 0 Å².